The number of aromatic nitrogens is 2. The van der Waals surface area contributed by atoms with Gasteiger partial charge in [-0.05, 0) is 36.4 Å². The molecule has 25 heavy (non-hydrogen) atoms. The number of amides is 1. The smallest absolute Gasteiger partial charge is 0.255 e. The molecule has 0 radical (unpaired) electrons. The summed E-state index contributed by atoms with van der Waals surface area (Å²) >= 11 is 1.46. The summed E-state index contributed by atoms with van der Waals surface area (Å²) in [5, 5.41) is 7.44. The molecule has 0 unspecified atom stereocenters. The number of rotatable bonds is 3. The molecule has 0 aliphatic carbocycles. The molecule has 3 aromatic rings. The maximum Gasteiger partial charge on any atom is 0.255 e. The summed E-state index contributed by atoms with van der Waals surface area (Å²) in [7, 11) is 0. The third kappa shape index (κ3) is 2.93. The highest BCUT2D eigenvalue weighted by Gasteiger charge is 2.34. The van der Waals surface area contributed by atoms with Gasteiger partial charge in [-0.3, -0.25) is 4.79 Å². The fourth-order valence-electron chi connectivity index (χ4n) is 2.97. The van der Waals surface area contributed by atoms with Gasteiger partial charge >= 0.3 is 0 Å². The molecule has 1 aliphatic rings. The van der Waals surface area contributed by atoms with E-state index in [0.717, 1.165) is 18.6 Å². The van der Waals surface area contributed by atoms with Crippen LogP contribution in [0.2, 0.25) is 0 Å². The molecule has 5 nitrogen and oxygen atoms in total. The number of thiophene rings is 1. The lowest BCUT2D eigenvalue weighted by atomic mass is 10.2. The van der Waals surface area contributed by atoms with Crippen molar-refractivity contribution in [2.24, 2.45) is 0 Å². The van der Waals surface area contributed by atoms with Crippen molar-refractivity contribution in [3.05, 3.63) is 58.1 Å². The predicted molar refractivity (Wildman–Crippen MR) is 87.0 cm³/mol. The van der Waals surface area contributed by atoms with Crippen LogP contribution in [0.25, 0.3) is 11.4 Å². The van der Waals surface area contributed by atoms with E-state index in [1.165, 1.54) is 17.4 Å². The third-order valence-corrected chi connectivity index (χ3v) is 4.86. The standard InChI is InChI=1S/C17H13F2N3O2S/c18-11-3-4-12(13(19)8-11)15-20-16(24-21-15)14-2-1-6-22(14)17(23)10-5-7-25-9-10/h3-5,7-9,14H,1-2,6H2/t14-/m0/s1. The molecule has 8 heteroatoms. The van der Waals surface area contributed by atoms with Crippen LogP contribution in [-0.2, 0) is 0 Å². The minimum atomic E-state index is -0.759. The largest absolute Gasteiger partial charge is 0.337 e. The lowest BCUT2D eigenvalue weighted by Crippen LogP contribution is -2.30. The quantitative estimate of drug-likeness (QED) is 0.706. The monoisotopic (exact) mass is 361 g/mol. The van der Waals surface area contributed by atoms with Gasteiger partial charge in [0.25, 0.3) is 5.91 Å². The van der Waals surface area contributed by atoms with E-state index in [4.69, 9.17) is 4.52 Å². The molecule has 3 heterocycles. The number of benzene rings is 1. The van der Waals surface area contributed by atoms with E-state index in [0.29, 0.717) is 18.5 Å². The van der Waals surface area contributed by atoms with E-state index in [1.54, 1.807) is 16.3 Å². The molecule has 2 aromatic heterocycles. The first-order valence-corrected chi connectivity index (χ1v) is 8.70. The zero-order valence-electron chi connectivity index (χ0n) is 13.0. The van der Waals surface area contributed by atoms with Gasteiger partial charge in [0.2, 0.25) is 11.7 Å². The second-order valence-corrected chi connectivity index (χ2v) is 6.53. The van der Waals surface area contributed by atoms with Crippen molar-refractivity contribution in [1.82, 2.24) is 15.0 Å². The van der Waals surface area contributed by atoms with Crippen molar-refractivity contribution in [2.45, 2.75) is 18.9 Å². The highest BCUT2D eigenvalue weighted by atomic mass is 32.1. The maximum absolute atomic E-state index is 13.9. The molecule has 0 spiro atoms. The fourth-order valence-corrected chi connectivity index (χ4v) is 3.60. The number of carbonyl (C=O) groups is 1. The minimum absolute atomic E-state index is 0.0438. The number of likely N-dealkylation sites (tertiary alicyclic amines) is 1. The molecule has 1 aromatic carbocycles. The highest BCUT2D eigenvalue weighted by molar-refractivity contribution is 7.08. The Kier molecular flexibility index (Phi) is 4.04. The number of hydrogen-bond donors (Lipinski definition) is 0. The number of hydrogen-bond acceptors (Lipinski definition) is 5. The van der Waals surface area contributed by atoms with E-state index >= 15 is 0 Å². The molecule has 1 amide bonds. The van der Waals surface area contributed by atoms with Gasteiger partial charge in [0.15, 0.2) is 0 Å². The van der Waals surface area contributed by atoms with Crippen molar-refractivity contribution < 1.29 is 18.1 Å². The van der Waals surface area contributed by atoms with Crippen LogP contribution in [0.3, 0.4) is 0 Å². The molecule has 1 aliphatic heterocycles. The van der Waals surface area contributed by atoms with Crippen LogP contribution >= 0.6 is 11.3 Å². The zero-order valence-corrected chi connectivity index (χ0v) is 13.8. The molecular weight excluding hydrogens is 348 g/mol. The van der Waals surface area contributed by atoms with Gasteiger partial charge in [-0.25, -0.2) is 8.78 Å². The number of halogens is 2. The summed E-state index contributed by atoms with van der Waals surface area (Å²) in [5.74, 6) is -1.21. The van der Waals surface area contributed by atoms with Crippen LogP contribution in [0.15, 0.2) is 39.5 Å². The lowest BCUT2D eigenvalue weighted by molar-refractivity contribution is 0.0710. The van der Waals surface area contributed by atoms with E-state index in [9.17, 15) is 13.6 Å². The van der Waals surface area contributed by atoms with Gasteiger partial charge in [0.05, 0.1) is 11.1 Å². The Balaban J connectivity index is 1.62. The van der Waals surface area contributed by atoms with Crippen LogP contribution in [0.1, 0.15) is 35.1 Å². The Hall–Kier alpha value is -2.61. The fraction of sp³-hybridized carbons (Fsp3) is 0.235. The van der Waals surface area contributed by atoms with E-state index < -0.39 is 11.6 Å². The molecule has 0 N–H and O–H groups in total. The SMILES string of the molecule is O=C(c1ccsc1)N1CCC[C@H]1c1nc(-c2ccc(F)cc2F)no1. The third-order valence-electron chi connectivity index (χ3n) is 4.18. The lowest BCUT2D eigenvalue weighted by Gasteiger charge is -2.21. The van der Waals surface area contributed by atoms with Gasteiger partial charge in [0, 0.05) is 18.0 Å². The van der Waals surface area contributed by atoms with Crippen molar-refractivity contribution in [2.75, 3.05) is 6.54 Å². The summed E-state index contributed by atoms with van der Waals surface area (Å²) in [6.45, 7) is 0.599. The van der Waals surface area contributed by atoms with Crippen LogP contribution in [0, 0.1) is 11.6 Å². The normalized spacial score (nSPS) is 17.2. The average Bonchev–Trinajstić information content (AvgIpc) is 3.34. The van der Waals surface area contributed by atoms with E-state index in [2.05, 4.69) is 10.1 Å². The van der Waals surface area contributed by atoms with Crippen molar-refractivity contribution in [1.29, 1.82) is 0 Å². The van der Waals surface area contributed by atoms with Crippen LogP contribution in [0.5, 0.6) is 0 Å². The minimum Gasteiger partial charge on any atom is -0.337 e. The van der Waals surface area contributed by atoms with Crippen molar-refractivity contribution in [3.8, 4) is 11.4 Å². The number of nitrogens with zero attached hydrogens (tertiary/aromatic N) is 3. The molecule has 128 valence electrons. The first-order chi connectivity index (χ1) is 12.1. The molecule has 1 atom stereocenters. The summed E-state index contributed by atoms with van der Waals surface area (Å²) in [4.78, 5) is 18.5. The Morgan fingerprint density at radius 3 is 2.96 bits per heavy atom. The Labute approximate surface area is 145 Å². The summed E-state index contributed by atoms with van der Waals surface area (Å²) < 4.78 is 32.2. The molecule has 4 rings (SSSR count). The highest BCUT2D eigenvalue weighted by Crippen LogP contribution is 2.33. The average molecular weight is 361 g/mol. The van der Waals surface area contributed by atoms with Gasteiger partial charge in [-0.1, -0.05) is 5.16 Å². The molecule has 0 bridgehead atoms. The summed E-state index contributed by atoms with van der Waals surface area (Å²) in [6, 6.07) is 4.61. The summed E-state index contributed by atoms with van der Waals surface area (Å²) in [5.41, 5.74) is 0.686. The topological polar surface area (TPSA) is 59.2 Å². The molecule has 1 saturated heterocycles. The first-order valence-electron chi connectivity index (χ1n) is 7.75. The second-order valence-electron chi connectivity index (χ2n) is 5.75. The van der Waals surface area contributed by atoms with Gasteiger partial charge in [0.1, 0.15) is 17.7 Å². The molecule has 1 fully saturated rings. The van der Waals surface area contributed by atoms with Crippen molar-refractivity contribution in [3.63, 3.8) is 0 Å². The molecule has 0 saturated carbocycles. The van der Waals surface area contributed by atoms with Crippen LogP contribution < -0.4 is 0 Å². The van der Waals surface area contributed by atoms with E-state index in [1.807, 2.05) is 5.38 Å². The Bertz CT molecular complexity index is 911. The van der Waals surface area contributed by atoms with E-state index in [-0.39, 0.29) is 29.2 Å². The first kappa shape index (κ1) is 15.9. The zero-order chi connectivity index (χ0) is 17.4. The van der Waals surface area contributed by atoms with Crippen LogP contribution in [-0.4, -0.2) is 27.5 Å². The van der Waals surface area contributed by atoms with Gasteiger partial charge in [-0.2, -0.15) is 16.3 Å². The predicted octanol–water partition coefficient (Wildman–Crippen LogP) is 4.05. The summed E-state index contributed by atoms with van der Waals surface area (Å²) in [6.07, 6.45) is 1.52. The maximum atomic E-state index is 13.9. The Morgan fingerprint density at radius 2 is 2.20 bits per heavy atom. The van der Waals surface area contributed by atoms with Gasteiger partial charge < -0.3 is 9.42 Å². The van der Waals surface area contributed by atoms with Crippen molar-refractivity contribution >= 4 is 17.2 Å². The molecular formula is C17H13F2N3O2S. The second kappa shape index (κ2) is 6.36. The van der Waals surface area contributed by atoms with Gasteiger partial charge in [-0.15, -0.1) is 0 Å². The Morgan fingerprint density at radius 1 is 1.32 bits per heavy atom. The number of carbonyl (C=O) groups excluding carboxylic acids is 1. The van der Waals surface area contributed by atoms with Crippen LogP contribution in [0.4, 0.5) is 8.78 Å².